The van der Waals surface area contributed by atoms with E-state index in [4.69, 9.17) is 106 Å². The topological polar surface area (TPSA) is 51.8 Å². The lowest BCUT2D eigenvalue weighted by atomic mass is 9.58. The lowest BCUT2D eigenvalue weighted by Crippen LogP contribution is -2.55. The number of hydrogen-bond acceptors (Lipinski definition) is 4. The summed E-state index contributed by atoms with van der Waals surface area (Å²) in [6.07, 6.45) is 0. The summed E-state index contributed by atoms with van der Waals surface area (Å²) >= 11 is 0. The third-order valence-electron chi connectivity index (χ3n) is 10.9. The third-order valence-corrected chi connectivity index (χ3v) is 10.9. The first-order valence-corrected chi connectivity index (χ1v) is 18.6. The first-order chi connectivity index (χ1) is 28.8. The average Bonchev–Trinajstić information content (AvgIpc) is 3.69. The van der Waals surface area contributed by atoms with Gasteiger partial charge in [-0.15, -0.1) is 27.3 Å². The summed E-state index contributed by atoms with van der Waals surface area (Å²) in [5.41, 5.74) is 6.33. The van der Waals surface area contributed by atoms with E-state index in [-0.39, 0.29) is 105 Å². The summed E-state index contributed by atoms with van der Waals surface area (Å²) in [7, 11) is 72.7. The zero-order chi connectivity index (χ0) is 42.1. The molecule has 252 valence electrons. The van der Waals surface area contributed by atoms with Gasteiger partial charge in [-0.05, 0) is 38.8 Å². The summed E-state index contributed by atoms with van der Waals surface area (Å²) in [6, 6.07) is 35.8. The fourth-order valence-corrected chi connectivity index (χ4v) is 7.62. The van der Waals surface area contributed by atoms with Crippen molar-refractivity contribution in [3.05, 3.63) is 109 Å². The average molecular weight is 736 g/mol. The summed E-state index contributed by atoms with van der Waals surface area (Å²) in [6.45, 7) is 0. The Kier molecular flexibility index (Phi) is 10.1. The van der Waals surface area contributed by atoms with Gasteiger partial charge in [0.25, 0.3) is 0 Å². The van der Waals surface area contributed by atoms with Gasteiger partial charge in [-0.2, -0.15) is 0 Å². The lowest BCUT2D eigenvalue weighted by molar-refractivity contribution is 0.674. The first-order valence-electron chi connectivity index (χ1n) is 18.6. The van der Waals surface area contributed by atoms with Gasteiger partial charge in [0.05, 0.1) is 0 Å². The summed E-state index contributed by atoms with van der Waals surface area (Å²) < 4.78 is 6.45. The predicted octanol–water partition coefficient (Wildman–Crippen LogP) is -1.50. The van der Waals surface area contributed by atoms with Gasteiger partial charge in [-0.1, -0.05) is 137 Å². The van der Waals surface area contributed by atoms with Crippen LogP contribution in [0.2, 0.25) is 0 Å². The molecule has 9 aromatic rings. The molecule has 2 heterocycles. The highest BCUT2D eigenvalue weighted by Crippen LogP contribution is 2.35. The standard InChI is InChI=1S/C45H18B11N3O/c46-30-25(27-31(47)35(51)38(54)36(52)32(27)48)26-28-33(49)37(53)39(55)40(56)42(28)60-41(26)34(50)29(30)45-58-43(23-15-11-21(12-16-23)19-7-3-1-4-8-19)57-44(59-45)24-17-13-22(14-18-24)20-9-5-2-6-10-20/h1-18H. The molecule has 0 unspecified atom stereocenters. The molecule has 60 heavy (non-hydrogen) atoms. The van der Waals surface area contributed by atoms with Gasteiger partial charge >= 0.3 is 0 Å². The van der Waals surface area contributed by atoms with E-state index in [1.165, 1.54) is 0 Å². The molecule has 0 atom stereocenters. The highest BCUT2D eigenvalue weighted by atomic mass is 16.3. The Bertz CT molecular complexity index is 3060. The summed E-state index contributed by atoms with van der Waals surface area (Å²) in [5, 5.41) is 0.528. The van der Waals surface area contributed by atoms with Crippen LogP contribution in [0, 0.1) is 0 Å². The molecule has 0 aliphatic heterocycles. The van der Waals surface area contributed by atoms with E-state index >= 15 is 0 Å². The van der Waals surface area contributed by atoms with Gasteiger partial charge in [0.15, 0.2) is 17.5 Å². The van der Waals surface area contributed by atoms with Crippen molar-refractivity contribution < 1.29 is 4.42 Å². The maximum absolute atomic E-state index is 7.27. The van der Waals surface area contributed by atoms with E-state index in [1.807, 2.05) is 109 Å². The second-order valence-corrected chi connectivity index (χ2v) is 14.4. The van der Waals surface area contributed by atoms with Gasteiger partial charge in [0, 0.05) is 27.5 Å². The predicted molar refractivity (Wildman–Crippen MR) is 259 cm³/mol. The largest absolute Gasteiger partial charge is 0.457 e. The Balaban J connectivity index is 1.36. The van der Waals surface area contributed by atoms with Crippen molar-refractivity contribution in [2.45, 2.75) is 0 Å². The van der Waals surface area contributed by atoms with Crippen molar-refractivity contribution in [2.24, 2.45) is 0 Å². The molecular formula is C45H18B11N3O. The molecule has 22 radical (unpaired) electrons. The van der Waals surface area contributed by atoms with Crippen LogP contribution >= 0.6 is 0 Å². The van der Waals surface area contributed by atoms with Crippen molar-refractivity contribution in [2.75, 3.05) is 0 Å². The van der Waals surface area contributed by atoms with E-state index in [9.17, 15) is 0 Å². The number of furan rings is 1. The molecule has 2 aromatic heterocycles. The van der Waals surface area contributed by atoms with E-state index in [1.54, 1.807) is 0 Å². The van der Waals surface area contributed by atoms with Gasteiger partial charge < -0.3 is 4.42 Å². The first kappa shape index (κ1) is 39.5. The minimum atomic E-state index is -0.0192. The van der Waals surface area contributed by atoms with Crippen molar-refractivity contribution in [1.82, 2.24) is 15.0 Å². The lowest BCUT2D eigenvalue weighted by Gasteiger charge is -2.25. The molecule has 0 fully saturated rings. The van der Waals surface area contributed by atoms with Gasteiger partial charge in [0.2, 0.25) is 0 Å². The van der Waals surface area contributed by atoms with Crippen LogP contribution in [0.5, 0.6) is 0 Å². The molecule has 0 saturated heterocycles. The zero-order valence-corrected chi connectivity index (χ0v) is 32.0. The van der Waals surface area contributed by atoms with Crippen molar-refractivity contribution in [1.29, 1.82) is 0 Å². The number of hydrogen-bond donors (Lipinski definition) is 0. The monoisotopic (exact) mass is 737 g/mol. The highest BCUT2D eigenvalue weighted by Gasteiger charge is 2.28. The van der Waals surface area contributed by atoms with E-state index < -0.39 is 0 Å². The second kappa shape index (κ2) is 15.3. The van der Waals surface area contributed by atoms with Crippen molar-refractivity contribution >= 4 is 168 Å². The van der Waals surface area contributed by atoms with Crippen molar-refractivity contribution in [3.63, 3.8) is 0 Å². The molecular weight excluding hydrogens is 717 g/mol. The number of fused-ring (bicyclic) bond motifs is 3. The van der Waals surface area contributed by atoms with Crippen LogP contribution in [-0.4, -0.2) is 101 Å². The normalized spacial score (nSPS) is 11.4. The van der Waals surface area contributed by atoms with E-state index in [0.29, 0.717) is 22.8 Å². The number of rotatable bonds is 6. The fourth-order valence-electron chi connectivity index (χ4n) is 7.62. The van der Waals surface area contributed by atoms with Crippen molar-refractivity contribution in [3.8, 4) is 67.5 Å². The maximum atomic E-state index is 7.27. The molecule has 7 aromatic carbocycles. The minimum Gasteiger partial charge on any atom is -0.457 e. The molecule has 0 aliphatic rings. The number of nitrogens with zero attached hydrogens (tertiary/aromatic N) is 3. The Morgan fingerprint density at radius 3 is 1.12 bits per heavy atom. The van der Waals surface area contributed by atoms with Crippen LogP contribution in [0.1, 0.15) is 0 Å². The Morgan fingerprint density at radius 2 is 0.633 bits per heavy atom. The summed E-state index contributed by atoms with van der Waals surface area (Å²) in [4.78, 5) is 15.0. The second-order valence-electron chi connectivity index (χ2n) is 14.4. The Hall–Kier alpha value is -5.94. The Labute approximate surface area is 362 Å². The molecule has 0 N–H and O–H groups in total. The minimum absolute atomic E-state index is 0.000350. The SMILES string of the molecule is [B]c1c([B])c([B])c(-c2c([B])c(-c3nc(-c4ccc(-c5ccccc5)cc4)nc(-c4ccc(-c5ccccc5)cc4)n3)c([B])c3oc4c([B])c([B])c([B])c([B])c4c23)c([B])c1[B]. The van der Waals surface area contributed by atoms with Crippen LogP contribution in [-0.2, 0) is 0 Å². The molecule has 0 aliphatic carbocycles. The van der Waals surface area contributed by atoms with Crippen LogP contribution in [0.4, 0.5) is 0 Å². The molecule has 0 bridgehead atoms. The zero-order valence-electron chi connectivity index (χ0n) is 32.0. The van der Waals surface area contributed by atoms with Crippen LogP contribution < -0.4 is 60.1 Å². The molecule has 4 nitrogen and oxygen atoms in total. The van der Waals surface area contributed by atoms with Gasteiger partial charge in [-0.3, -0.25) is 0 Å². The van der Waals surface area contributed by atoms with Gasteiger partial charge in [-0.25, -0.2) is 15.0 Å². The molecule has 0 saturated carbocycles. The molecule has 0 spiro atoms. The van der Waals surface area contributed by atoms with Gasteiger partial charge in [0.1, 0.15) is 97.5 Å². The maximum Gasteiger partial charge on any atom is 0.164 e. The number of benzene rings is 7. The Morgan fingerprint density at radius 1 is 0.267 bits per heavy atom. The van der Waals surface area contributed by atoms with Crippen LogP contribution in [0.3, 0.4) is 0 Å². The molecule has 0 amide bonds. The highest BCUT2D eigenvalue weighted by molar-refractivity contribution is 6.71. The quantitative estimate of drug-likeness (QED) is 0.196. The summed E-state index contributed by atoms with van der Waals surface area (Å²) in [5.74, 6) is 0.767. The van der Waals surface area contributed by atoms with Crippen LogP contribution in [0.25, 0.3) is 89.5 Å². The number of aromatic nitrogens is 3. The smallest absolute Gasteiger partial charge is 0.164 e. The molecule has 15 heteroatoms. The van der Waals surface area contributed by atoms with E-state index in [2.05, 4.69) is 0 Å². The fraction of sp³-hybridized carbons (Fsp3) is 0. The van der Waals surface area contributed by atoms with Crippen LogP contribution in [0.15, 0.2) is 114 Å². The third kappa shape index (κ3) is 6.36. The van der Waals surface area contributed by atoms with E-state index in [0.717, 1.165) is 22.3 Å². The molecule has 9 rings (SSSR count).